The van der Waals surface area contributed by atoms with E-state index in [1.54, 1.807) is 4.90 Å². The number of likely N-dealkylation sites (N-methyl/N-ethyl adjacent to an activating group) is 1. The molecule has 1 rings (SSSR count). The molecule has 0 aromatic rings. The van der Waals surface area contributed by atoms with Crippen LogP contribution in [0, 0.1) is 0 Å². The molecule has 5 heteroatoms. The Kier molecular flexibility index (Phi) is 3.80. The number of nitrogens with two attached hydrogens (primary N) is 1. The van der Waals surface area contributed by atoms with Gasteiger partial charge in [-0.1, -0.05) is 6.92 Å². The molecule has 1 atom stereocenters. The highest BCUT2D eigenvalue weighted by atomic mass is 19.3. The minimum atomic E-state index is -2.63. The van der Waals surface area contributed by atoms with Gasteiger partial charge in [-0.05, 0) is 7.05 Å². The quantitative estimate of drug-likeness (QED) is 0.734. The van der Waals surface area contributed by atoms with E-state index in [4.69, 9.17) is 5.73 Å². The molecular weight excluding hydrogens is 188 g/mol. The Labute approximate surface area is 83.8 Å². The maximum absolute atomic E-state index is 13.5. The fourth-order valence-electron chi connectivity index (χ4n) is 1.81. The molecule has 1 fully saturated rings. The molecule has 0 aromatic carbocycles. The number of nitrogens with zero attached hydrogens (tertiary/aromatic N) is 2. The first-order valence-corrected chi connectivity index (χ1v) is 5.01. The van der Waals surface area contributed by atoms with Crippen molar-refractivity contribution in [2.24, 2.45) is 5.73 Å². The lowest BCUT2D eigenvalue weighted by atomic mass is 10.0. The van der Waals surface area contributed by atoms with Crippen molar-refractivity contribution in [2.45, 2.75) is 25.3 Å². The van der Waals surface area contributed by atoms with Crippen LogP contribution < -0.4 is 5.73 Å². The minimum Gasteiger partial charge on any atom is -0.318 e. The summed E-state index contributed by atoms with van der Waals surface area (Å²) in [5.41, 5.74) is 5.46. The van der Waals surface area contributed by atoms with Gasteiger partial charge in [-0.2, -0.15) is 0 Å². The SMILES string of the molecule is CCC(F)(F)C1CN(C)CCN1CN. The number of alkyl halides is 2. The fourth-order valence-corrected chi connectivity index (χ4v) is 1.81. The molecule has 0 amide bonds. The molecule has 0 spiro atoms. The summed E-state index contributed by atoms with van der Waals surface area (Å²) >= 11 is 0. The van der Waals surface area contributed by atoms with Crippen molar-refractivity contribution in [3.63, 3.8) is 0 Å². The second kappa shape index (κ2) is 4.51. The molecule has 0 aliphatic carbocycles. The summed E-state index contributed by atoms with van der Waals surface area (Å²) in [6, 6.07) is -0.726. The van der Waals surface area contributed by atoms with Crippen molar-refractivity contribution >= 4 is 0 Å². The summed E-state index contributed by atoms with van der Waals surface area (Å²) in [5, 5.41) is 0. The summed E-state index contributed by atoms with van der Waals surface area (Å²) in [4.78, 5) is 3.60. The van der Waals surface area contributed by atoms with Gasteiger partial charge in [0.25, 0.3) is 5.92 Å². The Balaban J connectivity index is 2.70. The number of piperazine rings is 1. The van der Waals surface area contributed by atoms with Gasteiger partial charge in [0.15, 0.2) is 0 Å². The molecule has 0 saturated carbocycles. The third kappa shape index (κ3) is 2.40. The van der Waals surface area contributed by atoms with Crippen molar-refractivity contribution in [1.29, 1.82) is 0 Å². The monoisotopic (exact) mass is 207 g/mol. The molecule has 14 heavy (non-hydrogen) atoms. The number of hydrogen-bond donors (Lipinski definition) is 1. The van der Waals surface area contributed by atoms with Crippen molar-refractivity contribution in [1.82, 2.24) is 9.80 Å². The Hall–Kier alpha value is -0.260. The largest absolute Gasteiger partial charge is 0.318 e. The van der Waals surface area contributed by atoms with Crippen LogP contribution in [0.4, 0.5) is 8.78 Å². The Bertz CT molecular complexity index is 187. The topological polar surface area (TPSA) is 32.5 Å². The van der Waals surface area contributed by atoms with Crippen molar-refractivity contribution in [2.75, 3.05) is 33.4 Å². The van der Waals surface area contributed by atoms with Crippen LogP contribution in [0.15, 0.2) is 0 Å². The van der Waals surface area contributed by atoms with Gasteiger partial charge in [-0.15, -0.1) is 0 Å². The van der Waals surface area contributed by atoms with E-state index >= 15 is 0 Å². The summed E-state index contributed by atoms with van der Waals surface area (Å²) in [7, 11) is 1.87. The first-order chi connectivity index (χ1) is 6.51. The molecule has 1 saturated heterocycles. The molecule has 0 bridgehead atoms. The van der Waals surface area contributed by atoms with Gasteiger partial charge in [-0.3, -0.25) is 4.90 Å². The molecule has 0 aromatic heterocycles. The van der Waals surface area contributed by atoms with Crippen molar-refractivity contribution in [3.8, 4) is 0 Å². The highest BCUT2D eigenvalue weighted by Gasteiger charge is 2.43. The molecular formula is C9H19F2N3. The van der Waals surface area contributed by atoms with Gasteiger partial charge in [0.2, 0.25) is 0 Å². The van der Waals surface area contributed by atoms with Crippen molar-refractivity contribution < 1.29 is 8.78 Å². The number of halogens is 2. The van der Waals surface area contributed by atoms with E-state index < -0.39 is 12.0 Å². The first kappa shape index (κ1) is 11.8. The highest BCUT2D eigenvalue weighted by molar-refractivity contribution is 4.89. The molecule has 2 N–H and O–H groups in total. The molecule has 1 aliphatic heterocycles. The fraction of sp³-hybridized carbons (Fsp3) is 1.00. The first-order valence-electron chi connectivity index (χ1n) is 5.01. The van der Waals surface area contributed by atoms with Crippen LogP contribution >= 0.6 is 0 Å². The standard InChI is InChI=1S/C9H19F2N3/c1-3-9(10,11)8-6-13(2)4-5-14(8)7-12/h8H,3-7,12H2,1-2H3. The van der Waals surface area contributed by atoms with Gasteiger partial charge >= 0.3 is 0 Å². The van der Waals surface area contributed by atoms with Crippen LogP contribution in [0.2, 0.25) is 0 Å². The van der Waals surface area contributed by atoms with Crippen LogP contribution in [0.25, 0.3) is 0 Å². The van der Waals surface area contributed by atoms with E-state index in [2.05, 4.69) is 0 Å². The van der Waals surface area contributed by atoms with E-state index in [-0.39, 0.29) is 13.1 Å². The van der Waals surface area contributed by atoms with Crippen molar-refractivity contribution in [3.05, 3.63) is 0 Å². The van der Waals surface area contributed by atoms with Gasteiger partial charge in [0, 0.05) is 32.7 Å². The van der Waals surface area contributed by atoms with Crippen LogP contribution in [0.1, 0.15) is 13.3 Å². The van der Waals surface area contributed by atoms with Gasteiger partial charge in [0.05, 0.1) is 6.04 Å². The van der Waals surface area contributed by atoms with Crippen LogP contribution in [-0.4, -0.2) is 55.1 Å². The predicted molar refractivity (Wildman–Crippen MR) is 52.3 cm³/mol. The van der Waals surface area contributed by atoms with Gasteiger partial charge in [-0.25, -0.2) is 8.78 Å². The van der Waals surface area contributed by atoms with E-state index in [0.717, 1.165) is 6.54 Å². The molecule has 1 aliphatic rings. The summed E-state index contributed by atoms with van der Waals surface area (Å²) in [6.45, 7) is 3.58. The lowest BCUT2D eigenvalue weighted by molar-refractivity contribution is -0.106. The zero-order valence-corrected chi connectivity index (χ0v) is 8.84. The third-order valence-electron chi connectivity index (χ3n) is 2.89. The average Bonchev–Trinajstić information content (AvgIpc) is 2.18. The van der Waals surface area contributed by atoms with Crippen LogP contribution in [0.5, 0.6) is 0 Å². The Morgan fingerprint density at radius 1 is 1.43 bits per heavy atom. The molecule has 1 unspecified atom stereocenters. The van der Waals surface area contributed by atoms with E-state index in [1.165, 1.54) is 6.92 Å². The normalized spacial score (nSPS) is 26.8. The van der Waals surface area contributed by atoms with Gasteiger partial charge < -0.3 is 10.6 Å². The summed E-state index contributed by atoms with van der Waals surface area (Å²) in [5.74, 6) is -2.63. The summed E-state index contributed by atoms with van der Waals surface area (Å²) < 4.78 is 27.1. The lowest BCUT2D eigenvalue weighted by Gasteiger charge is -2.42. The maximum atomic E-state index is 13.5. The van der Waals surface area contributed by atoms with Crippen LogP contribution in [0.3, 0.4) is 0 Å². The van der Waals surface area contributed by atoms with Crippen LogP contribution in [-0.2, 0) is 0 Å². The molecule has 84 valence electrons. The zero-order valence-electron chi connectivity index (χ0n) is 8.84. The maximum Gasteiger partial charge on any atom is 0.264 e. The molecule has 1 heterocycles. The average molecular weight is 207 g/mol. The lowest BCUT2D eigenvalue weighted by Crippen LogP contribution is -2.60. The predicted octanol–water partition coefficient (Wildman–Crippen LogP) is 0.564. The summed E-state index contributed by atoms with van der Waals surface area (Å²) in [6.07, 6.45) is -0.123. The number of rotatable bonds is 3. The second-order valence-corrected chi connectivity index (χ2v) is 3.89. The minimum absolute atomic E-state index is 0.123. The number of hydrogen-bond acceptors (Lipinski definition) is 3. The highest BCUT2D eigenvalue weighted by Crippen LogP contribution is 2.28. The van der Waals surface area contributed by atoms with E-state index in [0.29, 0.717) is 13.1 Å². The third-order valence-corrected chi connectivity index (χ3v) is 2.89. The van der Waals surface area contributed by atoms with E-state index in [1.807, 2.05) is 11.9 Å². The second-order valence-electron chi connectivity index (χ2n) is 3.89. The Morgan fingerprint density at radius 3 is 2.57 bits per heavy atom. The molecule has 0 radical (unpaired) electrons. The smallest absolute Gasteiger partial charge is 0.264 e. The zero-order chi connectivity index (χ0) is 10.8. The van der Waals surface area contributed by atoms with E-state index in [9.17, 15) is 8.78 Å². The Morgan fingerprint density at radius 2 is 2.07 bits per heavy atom. The molecule has 3 nitrogen and oxygen atoms in total. The van der Waals surface area contributed by atoms with Gasteiger partial charge in [0.1, 0.15) is 0 Å².